The fraction of sp³-hybridized carbons (Fsp3) is 0.214. The Balaban J connectivity index is 1.50. The summed E-state index contributed by atoms with van der Waals surface area (Å²) in [5.74, 6) is 0.272. The lowest BCUT2D eigenvalue weighted by Gasteiger charge is -2.23. The molecule has 0 N–H and O–H groups in total. The van der Waals surface area contributed by atoms with Gasteiger partial charge in [0.2, 0.25) is 0 Å². The maximum atomic E-state index is 14.4. The zero-order valence-corrected chi connectivity index (χ0v) is 18.1. The van der Waals surface area contributed by atoms with E-state index in [1.807, 2.05) is 37.3 Å². The minimum Gasteiger partial charge on any atom is -0.205 e. The second kappa shape index (κ2) is 9.02. The van der Waals surface area contributed by atoms with Crippen LogP contribution in [0.4, 0.5) is 4.39 Å². The third-order valence-electron chi connectivity index (χ3n) is 6.16. The normalized spacial score (nSPS) is 16.2. The average Bonchev–Trinajstić information content (AvgIpc) is 2.81. The molecule has 1 atom stereocenters. The van der Waals surface area contributed by atoms with E-state index in [2.05, 4.69) is 49.1 Å². The van der Waals surface area contributed by atoms with Crippen LogP contribution < -0.4 is 0 Å². The molecule has 3 aromatic carbocycles. The summed E-state index contributed by atoms with van der Waals surface area (Å²) in [4.78, 5) is 0. The van der Waals surface area contributed by atoms with Gasteiger partial charge >= 0.3 is 0 Å². The molecule has 0 aliphatic heterocycles. The van der Waals surface area contributed by atoms with E-state index in [1.165, 1.54) is 16.7 Å². The summed E-state index contributed by atoms with van der Waals surface area (Å²) < 4.78 is 14.4. The molecule has 1 unspecified atom stereocenters. The average molecular weight is 417 g/mol. The topological polar surface area (TPSA) is 0 Å². The van der Waals surface area contributed by atoms with Crippen molar-refractivity contribution in [3.8, 4) is 11.1 Å². The summed E-state index contributed by atoms with van der Waals surface area (Å²) in [6, 6.07) is 20.8. The first-order chi connectivity index (χ1) is 14.6. The Hall–Kier alpha value is -2.64. The summed E-state index contributed by atoms with van der Waals surface area (Å²) in [7, 11) is 0. The number of hydrogen-bond acceptors (Lipinski definition) is 0. The van der Waals surface area contributed by atoms with Gasteiger partial charge in [0.1, 0.15) is 5.82 Å². The fourth-order valence-corrected chi connectivity index (χ4v) is 4.55. The predicted octanol–water partition coefficient (Wildman–Crippen LogP) is 8.70. The second-order valence-corrected chi connectivity index (χ2v) is 8.28. The molecule has 0 fully saturated rings. The summed E-state index contributed by atoms with van der Waals surface area (Å²) in [6.07, 6.45) is 8.15. The summed E-state index contributed by atoms with van der Waals surface area (Å²) in [6.45, 7) is 5.76. The van der Waals surface area contributed by atoms with Gasteiger partial charge in [-0.25, -0.2) is 4.39 Å². The highest BCUT2D eigenvalue weighted by Gasteiger charge is 2.18. The number of aryl methyl sites for hydroxylation is 1. The van der Waals surface area contributed by atoms with Crippen LogP contribution in [0.2, 0.25) is 5.02 Å². The van der Waals surface area contributed by atoms with Crippen LogP contribution in [0.3, 0.4) is 0 Å². The van der Waals surface area contributed by atoms with Crippen molar-refractivity contribution in [1.29, 1.82) is 0 Å². The maximum absolute atomic E-state index is 14.4. The van der Waals surface area contributed by atoms with E-state index >= 15 is 0 Å². The minimum atomic E-state index is -0.303. The molecule has 152 valence electrons. The number of benzene rings is 3. The summed E-state index contributed by atoms with van der Waals surface area (Å²) in [5, 5.41) is 0.212. The monoisotopic (exact) mass is 416 g/mol. The van der Waals surface area contributed by atoms with Crippen LogP contribution in [0.25, 0.3) is 22.8 Å². The number of allylic oxidation sites excluding steroid dienone is 2. The van der Waals surface area contributed by atoms with Gasteiger partial charge in [0.15, 0.2) is 0 Å². The number of hydrogen-bond donors (Lipinski definition) is 0. The first-order valence-corrected chi connectivity index (χ1v) is 11.0. The Morgan fingerprint density at radius 1 is 1.00 bits per heavy atom. The van der Waals surface area contributed by atoms with Crippen molar-refractivity contribution in [2.75, 3.05) is 0 Å². The van der Waals surface area contributed by atoms with Gasteiger partial charge in [0, 0.05) is 5.56 Å². The van der Waals surface area contributed by atoms with Crippen LogP contribution in [0.1, 0.15) is 54.4 Å². The lowest BCUT2D eigenvalue weighted by Crippen LogP contribution is -2.04. The maximum Gasteiger partial charge on any atom is 0.145 e. The Kier molecular flexibility index (Phi) is 6.20. The highest BCUT2D eigenvalue weighted by molar-refractivity contribution is 6.33. The SMILES string of the molecule is C=Cc1ccc(C2CC=C(c3ccc(-c4ccc(CC)c(F)c4Cl)cc3)CC2)cc1. The smallest absolute Gasteiger partial charge is 0.145 e. The van der Waals surface area contributed by atoms with Crippen molar-refractivity contribution >= 4 is 23.3 Å². The van der Waals surface area contributed by atoms with Gasteiger partial charge in [-0.15, -0.1) is 0 Å². The van der Waals surface area contributed by atoms with E-state index in [0.717, 1.165) is 36.0 Å². The van der Waals surface area contributed by atoms with Crippen LogP contribution in [0.5, 0.6) is 0 Å². The standard InChI is InChI=1S/C28H26ClF/c1-3-19-5-7-21(8-6-19)22-9-11-23(12-10-22)24-13-15-25(16-14-24)26-18-17-20(4-2)28(30)27(26)29/h3,5-8,11,13-18,22H,1,4,9-10,12H2,2H3. The molecule has 3 aromatic rings. The van der Waals surface area contributed by atoms with E-state index in [-0.39, 0.29) is 10.8 Å². The molecule has 1 aliphatic rings. The lowest BCUT2D eigenvalue weighted by atomic mass is 9.82. The first kappa shape index (κ1) is 20.6. The molecular formula is C28H26ClF. The van der Waals surface area contributed by atoms with Crippen molar-refractivity contribution in [2.45, 2.75) is 38.5 Å². The van der Waals surface area contributed by atoms with Crippen LogP contribution in [0, 0.1) is 5.82 Å². The van der Waals surface area contributed by atoms with Gasteiger partial charge in [-0.05, 0) is 65.0 Å². The molecule has 0 amide bonds. The predicted molar refractivity (Wildman–Crippen MR) is 127 cm³/mol. The van der Waals surface area contributed by atoms with Crippen molar-refractivity contribution in [3.05, 3.63) is 106 Å². The van der Waals surface area contributed by atoms with Crippen LogP contribution >= 0.6 is 11.6 Å². The molecule has 0 bridgehead atoms. The molecule has 2 heteroatoms. The van der Waals surface area contributed by atoms with Crippen molar-refractivity contribution in [2.24, 2.45) is 0 Å². The van der Waals surface area contributed by atoms with Gasteiger partial charge in [0.25, 0.3) is 0 Å². The molecule has 0 aromatic heterocycles. The molecule has 0 saturated heterocycles. The third-order valence-corrected chi connectivity index (χ3v) is 6.53. The molecule has 4 rings (SSSR count). The Morgan fingerprint density at radius 2 is 1.70 bits per heavy atom. The van der Waals surface area contributed by atoms with Gasteiger partial charge in [0.05, 0.1) is 5.02 Å². The molecule has 0 saturated carbocycles. The molecule has 0 nitrogen and oxygen atoms in total. The summed E-state index contributed by atoms with van der Waals surface area (Å²) >= 11 is 6.30. The fourth-order valence-electron chi connectivity index (χ4n) is 4.25. The van der Waals surface area contributed by atoms with Crippen molar-refractivity contribution < 1.29 is 4.39 Å². The Morgan fingerprint density at radius 3 is 2.30 bits per heavy atom. The lowest BCUT2D eigenvalue weighted by molar-refractivity contribution is 0.613. The molecule has 1 aliphatic carbocycles. The number of halogens is 2. The molecule has 0 heterocycles. The van der Waals surface area contributed by atoms with Crippen molar-refractivity contribution in [3.63, 3.8) is 0 Å². The molecule has 30 heavy (non-hydrogen) atoms. The number of rotatable bonds is 5. The third kappa shape index (κ3) is 4.13. The quantitative estimate of drug-likeness (QED) is 0.390. The zero-order valence-electron chi connectivity index (χ0n) is 17.3. The van der Waals surface area contributed by atoms with E-state index in [1.54, 1.807) is 0 Å². The van der Waals surface area contributed by atoms with Gasteiger partial charge in [-0.3, -0.25) is 0 Å². The van der Waals surface area contributed by atoms with E-state index in [9.17, 15) is 4.39 Å². The Labute approximate surface area is 183 Å². The van der Waals surface area contributed by atoms with Crippen LogP contribution in [0.15, 0.2) is 73.3 Å². The molecule has 0 radical (unpaired) electrons. The Bertz CT molecular complexity index is 1070. The highest BCUT2D eigenvalue weighted by atomic mass is 35.5. The van der Waals surface area contributed by atoms with E-state index in [0.29, 0.717) is 17.9 Å². The van der Waals surface area contributed by atoms with E-state index < -0.39 is 0 Å². The summed E-state index contributed by atoms with van der Waals surface area (Å²) in [5.41, 5.74) is 7.54. The van der Waals surface area contributed by atoms with Crippen LogP contribution in [-0.4, -0.2) is 0 Å². The zero-order chi connectivity index (χ0) is 21.1. The van der Waals surface area contributed by atoms with Crippen molar-refractivity contribution in [1.82, 2.24) is 0 Å². The van der Waals surface area contributed by atoms with Gasteiger partial charge in [-0.2, -0.15) is 0 Å². The largest absolute Gasteiger partial charge is 0.205 e. The first-order valence-electron chi connectivity index (χ1n) is 10.6. The molecular weight excluding hydrogens is 391 g/mol. The van der Waals surface area contributed by atoms with Gasteiger partial charge in [-0.1, -0.05) is 97.9 Å². The highest BCUT2D eigenvalue weighted by Crippen LogP contribution is 2.37. The molecule has 0 spiro atoms. The van der Waals surface area contributed by atoms with Crippen LogP contribution in [-0.2, 0) is 6.42 Å². The van der Waals surface area contributed by atoms with Gasteiger partial charge < -0.3 is 0 Å². The minimum absolute atomic E-state index is 0.212. The second-order valence-electron chi connectivity index (χ2n) is 7.90. The van der Waals surface area contributed by atoms with E-state index in [4.69, 9.17) is 11.6 Å².